The van der Waals surface area contributed by atoms with Gasteiger partial charge < -0.3 is 15.0 Å². The second kappa shape index (κ2) is 10.6. The molecule has 0 aliphatic rings. The zero-order chi connectivity index (χ0) is 24.1. The maximum absolute atomic E-state index is 12.4. The predicted octanol–water partition coefficient (Wildman–Crippen LogP) is 3.00. The molecule has 176 valence electrons. The molecule has 9 nitrogen and oxygen atoms in total. The number of nitrogens with one attached hydrogen (secondary N) is 1. The van der Waals surface area contributed by atoms with Crippen LogP contribution in [0.5, 0.6) is 5.75 Å². The molecule has 34 heavy (non-hydrogen) atoms. The quantitative estimate of drug-likeness (QED) is 0.381. The van der Waals surface area contributed by atoms with Crippen LogP contribution in [-0.4, -0.2) is 57.6 Å². The van der Waals surface area contributed by atoms with Crippen molar-refractivity contribution in [3.63, 3.8) is 0 Å². The lowest BCUT2D eigenvalue weighted by molar-refractivity contribution is 0.0954. The minimum absolute atomic E-state index is 0.154. The van der Waals surface area contributed by atoms with E-state index in [1.807, 2.05) is 43.3 Å². The fourth-order valence-corrected chi connectivity index (χ4v) is 4.03. The highest BCUT2D eigenvalue weighted by molar-refractivity contribution is 7.17. The molecule has 11 heteroatoms. The highest BCUT2D eigenvalue weighted by atomic mass is 35.5. The standard InChI is InChI=1S/C23H23ClN6O3S/c1-28(2)11-12-33-19-7-10-22(31)29(15-19)17-3-5-18(6-4-17)30-14-16(26-27-30)13-25-23(32)20-8-9-21(24)34-20/h3-10,14-15H,11-13H2,1-2H3,(H,25,32). The third kappa shape index (κ3) is 5.90. The van der Waals surface area contributed by atoms with Gasteiger partial charge in [-0.3, -0.25) is 14.2 Å². The molecule has 0 saturated carbocycles. The van der Waals surface area contributed by atoms with Gasteiger partial charge in [0.1, 0.15) is 18.1 Å². The van der Waals surface area contributed by atoms with E-state index in [9.17, 15) is 9.59 Å². The van der Waals surface area contributed by atoms with Crippen LogP contribution in [0.2, 0.25) is 4.34 Å². The molecule has 1 N–H and O–H groups in total. The molecule has 4 rings (SSSR count). The van der Waals surface area contributed by atoms with Gasteiger partial charge in [-0.05, 0) is 56.6 Å². The molecular formula is C23H23ClN6O3S. The number of amides is 1. The zero-order valence-electron chi connectivity index (χ0n) is 18.6. The molecule has 0 saturated heterocycles. The first-order valence-electron chi connectivity index (χ1n) is 10.4. The van der Waals surface area contributed by atoms with Gasteiger partial charge in [-0.15, -0.1) is 16.4 Å². The Morgan fingerprint density at radius 1 is 1.09 bits per heavy atom. The second-order valence-corrected chi connectivity index (χ2v) is 9.40. The molecule has 0 spiro atoms. The number of nitrogens with zero attached hydrogens (tertiary/aromatic N) is 5. The lowest BCUT2D eigenvalue weighted by Crippen LogP contribution is -2.21. The van der Waals surface area contributed by atoms with E-state index in [2.05, 4.69) is 15.6 Å². The fraction of sp³-hybridized carbons (Fsp3) is 0.217. The summed E-state index contributed by atoms with van der Waals surface area (Å²) in [5.41, 5.74) is 1.93. The Bertz CT molecular complexity index is 1330. The highest BCUT2D eigenvalue weighted by Crippen LogP contribution is 2.21. The third-order valence-electron chi connectivity index (χ3n) is 4.85. The first-order chi connectivity index (χ1) is 16.4. The number of pyridine rings is 1. The van der Waals surface area contributed by atoms with Crippen molar-refractivity contribution in [2.24, 2.45) is 0 Å². The van der Waals surface area contributed by atoms with Crippen LogP contribution in [0.1, 0.15) is 15.4 Å². The summed E-state index contributed by atoms with van der Waals surface area (Å²) in [5, 5.41) is 11.0. The molecule has 0 bridgehead atoms. The van der Waals surface area contributed by atoms with Gasteiger partial charge in [-0.25, -0.2) is 4.68 Å². The van der Waals surface area contributed by atoms with Crippen molar-refractivity contribution < 1.29 is 9.53 Å². The Balaban J connectivity index is 1.42. The number of thiophene rings is 1. The lowest BCUT2D eigenvalue weighted by atomic mass is 10.2. The van der Waals surface area contributed by atoms with Gasteiger partial charge in [0.2, 0.25) is 0 Å². The first-order valence-corrected chi connectivity index (χ1v) is 11.6. The molecule has 0 unspecified atom stereocenters. The normalized spacial score (nSPS) is 11.1. The Labute approximate surface area is 205 Å². The highest BCUT2D eigenvalue weighted by Gasteiger charge is 2.10. The lowest BCUT2D eigenvalue weighted by Gasteiger charge is -2.12. The van der Waals surface area contributed by atoms with Crippen LogP contribution in [0.25, 0.3) is 11.4 Å². The smallest absolute Gasteiger partial charge is 0.261 e. The van der Waals surface area contributed by atoms with Gasteiger partial charge >= 0.3 is 0 Å². The van der Waals surface area contributed by atoms with Crippen molar-refractivity contribution >= 4 is 28.8 Å². The fourth-order valence-electron chi connectivity index (χ4n) is 3.07. The summed E-state index contributed by atoms with van der Waals surface area (Å²) in [6.07, 6.45) is 3.42. The van der Waals surface area contributed by atoms with E-state index >= 15 is 0 Å². The molecule has 4 aromatic rings. The average molecular weight is 499 g/mol. The van der Waals surface area contributed by atoms with Crippen LogP contribution in [0, 0.1) is 0 Å². The van der Waals surface area contributed by atoms with Crippen LogP contribution in [-0.2, 0) is 6.54 Å². The summed E-state index contributed by atoms with van der Waals surface area (Å²) in [4.78, 5) is 27.1. The maximum atomic E-state index is 12.4. The van der Waals surface area contributed by atoms with Crippen molar-refractivity contribution in [1.82, 2.24) is 29.8 Å². The largest absolute Gasteiger partial charge is 0.491 e. The van der Waals surface area contributed by atoms with E-state index < -0.39 is 0 Å². The minimum Gasteiger partial charge on any atom is -0.491 e. The van der Waals surface area contributed by atoms with Crippen LogP contribution in [0.15, 0.2) is 65.7 Å². The maximum Gasteiger partial charge on any atom is 0.261 e. The van der Waals surface area contributed by atoms with Gasteiger partial charge in [0.05, 0.1) is 33.8 Å². The van der Waals surface area contributed by atoms with Crippen LogP contribution < -0.4 is 15.6 Å². The molecule has 0 atom stereocenters. The molecule has 0 aliphatic carbocycles. The first kappa shape index (κ1) is 23.7. The molecule has 0 radical (unpaired) electrons. The number of likely N-dealkylation sites (N-methyl/N-ethyl adjacent to an activating group) is 1. The Kier molecular flexibility index (Phi) is 7.41. The number of hydrogen-bond donors (Lipinski definition) is 1. The zero-order valence-corrected chi connectivity index (χ0v) is 20.2. The molecular weight excluding hydrogens is 476 g/mol. The van der Waals surface area contributed by atoms with Gasteiger partial charge in [-0.2, -0.15) is 0 Å². The number of carbonyl (C=O) groups is 1. The summed E-state index contributed by atoms with van der Waals surface area (Å²) in [7, 11) is 3.95. The monoisotopic (exact) mass is 498 g/mol. The molecule has 3 heterocycles. The van der Waals surface area contributed by atoms with E-state index in [4.69, 9.17) is 16.3 Å². The Morgan fingerprint density at radius 2 is 1.85 bits per heavy atom. The summed E-state index contributed by atoms with van der Waals surface area (Å²) in [6, 6.07) is 13.8. The second-order valence-electron chi connectivity index (χ2n) is 7.68. The van der Waals surface area contributed by atoms with Crippen molar-refractivity contribution in [2.45, 2.75) is 6.54 Å². The minimum atomic E-state index is -0.214. The molecule has 1 amide bonds. The van der Waals surface area contributed by atoms with Crippen molar-refractivity contribution in [3.8, 4) is 17.1 Å². The van der Waals surface area contributed by atoms with Crippen LogP contribution >= 0.6 is 22.9 Å². The Hall–Kier alpha value is -3.47. The SMILES string of the molecule is CN(C)CCOc1ccc(=O)n(-c2ccc(-n3cc(CNC(=O)c4ccc(Cl)s4)nn3)cc2)c1. The van der Waals surface area contributed by atoms with E-state index in [0.717, 1.165) is 12.2 Å². The van der Waals surface area contributed by atoms with E-state index in [-0.39, 0.29) is 18.0 Å². The number of ether oxygens (including phenoxy) is 1. The summed E-state index contributed by atoms with van der Waals surface area (Å²) < 4.78 is 9.44. The van der Waals surface area contributed by atoms with E-state index in [1.165, 1.54) is 22.0 Å². The summed E-state index contributed by atoms with van der Waals surface area (Å²) in [5.74, 6) is 0.410. The number of halogens is 1. The summed E-state index contributed by atoms with van der Waals surface area (Å²) >= 11 is 7.09. The number of carbonyl (C=O) groups excluding carboxylic acids is 1. The van der Waals surface area contributed by atoms with Crippen LogP contribution in [0.3, 0.4) is 0 Å². The van der Waals surface area contributed by atoms with E-state index in [0.29, 0.717) is 33.0 Å². The van der Waals surface area contributed by atoms with Gasteiger partial charge in [-0.1, -0.05) is 16.8 Å². The van der Waals surface area contributed by atoms with Crippen molar-refractivity contribution in [3.05, 3.63) is 86.2 Å². The number of aromatic nitrogens is 4. The van der Waals surface area contributed by atoms with Crippen molar-refractivity contribution in [1.29, 1.82) is 0 Å². The molecule has 0 aliphatic heterocycles. The molecule has 3 aromatic heterocycles. The van der Waals surface area contributed by atoms with Crippen LogP contribution in [0.4, 0.5) is 0 Å². The summed E-state index contributed by atoms with van der Waals surface area (Å²) in [6.45, 7) is 1.54. The van der Waals surface area contributed by atoms with Gasteiger partial charge in [0, 0.05) is 18.3 Å². The van der Waals surface area contributed by atoms with Gasteiger partial charge in [0.15, 0.2) is 0 Å². The molecule has 0 fully saturated rings. The number of rotatable bonds is 9. The Morgan fingerprint density at radius 3 is 2.56 bits per heavy atom. The van der Waals surface area contributed by atoms with E-state index in [1.54, 1.807) is 35.3 Å². The topological polar surface area (TPSA) is 94.3 Å². The molecule has 1 aromatic carbocycles. The average Bonchev–Trinajstić information content (AvgIpc) is 3.48. The third-order valence-corrected chi connectivity index (χ3v) is 6.08. The number of hydrogen-bond acceptors (Lipinski definition) is 7. The predicted molar refractivity (Wildman–Crippen MR) is 132 cm³/mol. The van der Waals surface area contributed by atoms with Crippen molar-refractivity contribution in [2.75, 3.05) is 27.2 Å². The number of benzene rings is 1. The van der Waals surface area contributed by atoms with Gasteiger partial charge in [0.25, 0.3) is 11.5 Å².